The molecule has 2 aromatic carbocycles. The molecule has 1 unspecified atom stereocenters. The molecule has 0 aliphatic carbocycles. The van der Waals surface area contributed by atoms with Crippen molar-refractivity contribution >= 4 is 52.4 Å². The first-order valence-corrected chi connectivity index (χ1v) is 9.93. The molecule has 34 heavy (non-hydrogen) atoms. The zero-order valence-electron chi connectivity index (χ0n) is 18.0. The number of carbonyl (C=O) groups excluding carboxylic acids is 2. The largest absolute Gasteiger partial charge is 1.00 e. The fraction of sp³-hybridized carbons (Fsp3) is 0.211. The Morgan fingerprint density at radius 2 is 1.82 bits per heavy atom. The predicted molar refractivity (Wildman–Crippen MR) is 122 cm³/mol. The van der Waals surface area contributed by atoms with Crippen LogP contribution in [-0.4, -0.2) is 40.5 Å². The molecule has 0 bridgehead atoms. The van der Waals surface area contributed by atoms with Crippen molar-refractivity contribution in [3.8, 4) is 5.75 Å². The fourth-order valence-electron chi connectivity index (χ4n) is 2.24. The number of nitro groups is 1. The SMILES string of the molecule is NC(N)=NCCCC(N)C(=O)[O-].O=C(Nc1ccc([N+](=O)[O-])cc1Cl)c1cc(Cl)ccc1O.[Na+]. The molecule has 0 aliphatic heterocycles. The summed E-state index contributed by atoms with van der Waals surface area (Å²) in [5, 5.41) is 33.1. The molecule has 0 saturated carbocycles. The average Bonchev–Trinajstić information content (AvgIpc) is 2.74. The van der Waals surface area contributed by atoms with E-state index < -0.39 is 22.8 Å². The third-order valence-electron chi connectivity index (χ3n) is 3.89. The van der Waals surface area contributed by atoms with Crippen LogP contribution in [0.1, 0.15) is 23.2 Å². The monoisotopic (exact) mass is 522 g/mol. The zero-order valence-corrected chi connectivity index (χ0v) is 21.5. The number of aliphatic carboxylic acids is 1. The van der Waals surface area contributed by atoms with E-state index >= 15 is 0 Å². The summed E-state index contributed by atoms with van der Waals surface area (Å²) in [6, 6.07) is 6.72. The molecule has 0 aliphatic rings. The number of carbonyl (C=O) groups is 2. The Morgan fingerprint density at radius 3 is 2.35 bits per heavy atom. The second-order valence-electron chi connectivity index (χ2n) is 6.41. The number of aromatic hydroxyl groups is 1. The molecule has 0 radical (unpaired) electrons. The van der Waals surface area contributed by atoms with Crippen LogP contribution in [0.3, 0.4) is 0 Å². The van der Waals surface area contributed by atoms with Crippen LogP contribution in [0.15, 0.2) is 41.4 Å². The normalized spacial score (nSPS) is 10.6. The molecule has 8 N–H and O–H groups in total. The minimum absolute atomic E-state index is 0. The first-order valence-electron chi connectivity index (χ1n) is 9.18. The van der Waals surface area contributed by atoms with Gasteiger partial charge in [0.1, 0.15) is 5.75 Å². The van der Waals surface area contributed by atoms with E-state index in [-0.39, 0.29) is 68.2 Å². The number of nitrogens with one attached hydrogen (secondary N) is 1. The summed E-state index contributed by atoms with van der Waals surface area (Å²) < 4.78 is 0. The summed E-state index contributed by atoms with van der Waals surface area (Å²) in [5.41, 5.74) is 15.2. The van der Waals surface area contributed by atoms with Gasteiger partial charge in [-0.15, -0.1) is 0 Å². The molecule has 2 aromatic rings. The van der Waals surface area contributed by atoms with Crippen LogP contribution < -0.4 is 57.2 Å². The smallest absolute Gasteiger partial charge is 0.548 e. The van der Waals surface area contributed by atoms with Crippen molar-refractivity contribution in [1.82, 2.24) is 0 Å². The van der Waals surface area contributed by atoms with Crippen LogP contribution in [0, 0.1) is 10.1 Å². The van der Waals surface area contributed by atoms with Crippen molar-refractivity contribution in [2.75, 3.05) is 11.9 Å². The van der Waals surface area contributed by atoms with Gasteiger partial charge in [0.25, 0.3) is 11.6 Å². The van der Waals surface area contributed by atoms with Gasteiger partial charge < -0.3 is 37.5 Å². The number of benzene rings is 2. The number of aliphatic imine (C=N–C) groups is 1. The fourth-order valence-corrected chi connectivity index (χ4v) is 2.63. The molecule has 0 spiro atoms. The number of guanidine groups is 1. The Morgan fingerprint density at radius 1 is 1.18 bits per heavy atom. The van der Waals surface area contributed by atoms with Gasteiger partial charge in [-0.1, -0.05) is 23.2 Å². The first-order chi connectivity index (χ1) is 15.4. The minimum Gasteiger partial charge on any atom is -0.548 e. The number of non-ortho nitro benzene ring substituents is 1. The van der Waals surface area contributed by atoms with Crippen LogP contribution in [0.5, 0.6) is 5.75 Å². The third-order valence-corrected chi connectivity index (χ3v) is 4.43. The quantitative estimate of drug-likeness (QED) is 0.0642. The van der Waals surface area contributed by atoms with Gasteiger partial charge in [-0.3, -0.25) is 19.9 Å². The molecule has 1 amide bonds. The topological polar surface area (TPSA) is 223 Å². The molecular weight excluding hydrogens is 502 g/mol. The molecule has 178 valence electrons. The van der Waals surface area contributed by atoms with E-state index in [1.54, 1.807) is 0 Å². The first kappa shape index (κ1) is 31.4. The maximum Gasteiger partial charge on any atom is 1.00 e. The summed E-state index contributed by atoms with van der Waals surface area (Å²) in [5.74, 6) is -2.13. The second kappa shape index (κ2) is 15.3. The predicted octanol–water partition coefficient (Wildman–Crippen LogP) is -2.02. The van der Waals surface area contributed by atoms with Gasteiger partial charge in [0.2, 0.25) is 0 Å². The van der Waals surface area contributed by atoms with Gasteiger partial charge in [0.15, 0.2) is 5.96 Å². The zero-order chi connectivity index (χ0) is 25.1. The van der Waals surface area contributed by atoms with E-state index in [9.17, 15) is 29.9 Å². The van der Waals surface area contributed by atoms with Crippen molar-refractivity contribution in [3.05, 3.63) is 62.1 Å². The number of phenolic OH excluding ortho intramolecular Hbond substituents is 1. The van der Waals surface area contributed by atoms with Gasteiger partial charge >= 0.3 is 29.6 Å². The van der Waals surface area contributed by atoms with Crippen molar-refractivity contribution in [1.29, 1.82) is 0 Å². The van der Waals surface area contributed by atoms with Crippen LogP contribution in [0.25, 0.3) is 0 Å². The van der Waals surface area contributed by atoms with Crippen LogP contribution >= 0.6 is 23.2 Å². The number of carboxylic acid groups (broad SMARTS) is 1. The Labute approximate surface area is 226 Å². The summed E-state index contributed by atoms with van der Waals surface area (Å²) in [4.78, 5) is 35.8. The maximum absolute atomic E-state index is 12.0. The number of nitro benzene ring substituents is 1. The second-order valence-corrected chi connectivity index (χ2v) is 7.25. The van der Waals surface area contributed by atoms with Crippen molar-refractivity contribution in [3.63, 3.8) is 0 Å². The van der Waals surface area contributed by atoms with Crippen LogP contribution in [-0.2, 0) is 4.79 Å². The maximum atomic E-state index is 12.0. The van der Waals surface area contributed by atoms with Crippen LogP contribution in [0.2, 0.25) is 10.0 Å². The van der Waals surface area contributed by atoms with E-state index in [1.807, 2.05) is 0 Å². The Kier molecular flexibility index (Phi) is 14.1. The number of rotatable bonds is 8. The van der Waals surface area contributed by atoms with Crippen molar-refractivity contribution < 1.29 is 54.3 Å². The van der Waals surface area contributed by atoms with E-state index in [4.69, 9.17) is 40.4 Å². The minimum atomic E-state index is -1.25. The molecule has 0 saturated heterocycles. The summed E-state index contributed by atoms with van der Waals surface area (Å²) in [7, 11) is 0. The third kappa shape index (κ3) is 11.0. The van der Waals surface area contributed by atoms with Crippen LogP contribution in [0.4, 0.5) is 11.4 Å². The molecule has 0 heterocycles. The van der Waals surface area contributed by atoms with Crippen molar-refractivity contribution in [2.45, 2.75) is 18.9 Å². The Hall–Kier alpha value is -2.61. The van der Waals surface area contributed by atoms with E-state index in [2.05, 4.69) is 10.3 Å². The molecular formula is C19H21Cl2N6NaO6. The van der Waals surface area contributed by atoms with E-state index in [0.29, 0.717) is 19.4 Å². The number of halogens is 2. The number of hydrogen-bond acceptors (Lipinski definition) is 8. The Balaban J connectivity index is 0.000000723. The number of phenols is 1. The number of nitrogens with zero attached hydrogens (tertiary/aromatic N) is 2. The number of nitrogens with two attached hydrogens (primary N) is 3. The molecule has 1 atom stereocenters. The molecule has 0 aromatic heterocycles. The van der Waals surface area contributed by atoms with E-state index in [1.165, 1.54) is 30.3 Å². The van der Waals surface area contributed by atoms with Gasteiger partial charge in [0, 0.05) is 29.7 Å². The van der Waals surface area contributed by atoms with Gasteiger partial charge in [0.05, 0.1) is 27.2 Å². The molecule has 2 rings (SSSR count). The number of hydrogen-bond donors (Lipinski definition) is 5. The standard InChI is InChI=1S/C13H8Cl2N2O4.C6H14N4O2.Na/c14-7-1-4-12(18)9(5-7)13(19)16-11-3-2-8(17(20)21)6-10(11)15;7-4(5(11)12)2-1-3-10-6(8)9;/h1-6,18H,(H,16,19);4H,1-3,7H2,(H,11,12)(H4,8,9,10);/q;;+1/p-1. The summed E-state index contributed by atoms with van der Waals surface area (Å²) in [6.45, 7) is 0.392. The number of carboxylic acids is 1. The number of anilines is 1. The molecule has 12 nitrogen and oxygen atoms in total. The van der Waals surface area contributed by atoms with Gasteiger partial charge in [-0.05, 0) is 37.1 Å². The average molecular weight is 523 g/mol. The number of amides is 1. The molecule has 0 fully saturated rings. The van der Waals surface area contributed by atoms with Gasteiger partial charge in [-0.25, -0.2) is 0 Å². The van der Waals surface area contributed by atoms with Crippen molar-refractivity contribution in [2.24, 2.45) is 22.2 Å². The molecule has 15 heteroatoms. The Bertz CT molecular complexity index is 1050. The van der Waals surface area contributed by atoms with Gasteiger partial charge in [-0.2, -0.15) is 0 Å². The van der Waals surface area contributed by atoms with E-state index in [0.717, 1.165) is 6.07 Å². The summed E-state index contributed by atoms with van der Waals surface area (Å²) >= 11 is 11.6. The summed E-state index contributed by atoms with van der Waals surface area (Å²) in [6.07, 6.45) is 0.853.